The third-order valence-corrected chi connectivity index (χ3v) is 2.57. The maximum absolute atomic E-state index is 5.16. The Morgan fingerprint density at radius 1 is 1.56 bits per heavy atom. The van der Waals surface area contributed by atoms with Crippen molar-refractivity contribution in [2.45, 2.75) is 27.3 Å². The number of anilines is 1. The smallest absolute Gasteiger partial charge is 0.171 e. The van der Waals surface area contributed by atoms with E-state index in [0.29, 0.717) is 11.7 Å². The zero-order valence-electron chi connectivity index (χ0n) is 10.0. The maximum atomic E-state index is 5.16. The fourth-order valence-electron chi connectivity index (χ4n) is 1.51. The van der Waals surface area contributed by atoms with Crippen molar-refractivity contribution < 1.29 is 0 Å². The monoisotopic (exact) mass is 238 g/mol. The summed E-state index contributed by atoms with van der Waals surface area (Å²) in [5.41, 5.74) is 3.05. The number of thiocarbonyl (C=S) groups is 1. The molecule has 16 heavy (non-hydrogen) atoms. The van der Waals surface area contributed by atoms with E-state index >= 15 is 0 Å². The Morgan fingerprint density at radius 2 is 2.25 bits per heavy atom. The first-order valence-electron chi connectivity index (χ1n) is 5.29. The lowest BCUT2D eigenvalue weighted by Crippen LogP contribution is -2.28. The molecule has 0 bridgehead atoms. The van der Waals surface area contributed by atoms with Crippen LogP contribution >= 0.6 is 12.2 Å². The first kappa shape index (κ1) is 12.7. The first-order chi connectivity index (χ1) is 7.60. The third kappa shape index (κ3) is 2.82. The Hall–Kier alpha value is -1.36. The number of hydrogen-bond donors (Lipinski definition) is 2. The lowest BCUT2D eigenvalue weighted by atomic mass is 10.3. The molecule has 0 saturated heterocycles. The molecule has 1 aromatic heterocycles. The molecule has 0 spiro atoms. The van der Waals surface area contributed by atoms with E-state index in [4.69, 9.17) is 12.2 Å². The summed E-state index contributed by atoms with van der Waals surface area (Å²) < 4.78 is 1.95. The molecule has 0 atom stereocenters. The van der Waals surface area contributed by atoms with Crippen LogP contribution in [0.15, 0.2) is 12.7 Å². The highest BCUT2D eigenvalue weighted by Gasteiger charge is 2.10. The van der Waals surface area contributed by atoms with Crippen LogP contribution in [0, 0.1) is 13.8 Å². The number of nitrogens with zero attached hydrogens (tertiary/aromatic N) is 2. The van der Waals surface area contributed by atoms with Crippen LogP contribution in [0.25, 0.3) is 0 Å². The Labute approximate surface area is 102 Å². The van der Waals surface area contributed by atoms with Gasteiger partial charge in [0.05, 0.1) is 17.1 Å². The minimum absolute atomic E-state index is 0.599. The van der Waals surface area contributed by atoms with E-state index in [1.54, 1.807) is 6.08 Å². The predicted molar refractivity (Wildman–Crippen MR) is 71.8 cm³/mol. The molecule has 1 aromatic rings. The van der Waals surface area contributed by atoms with Crippen molar-refractivity contribution in [3.05, 3.63) is 24.0 Å². The SMILES string of the molecule is C=CCNC(=S)Nc1c(C)nn(CC)c1C. The molecular formula is C11H18N4S. The molecule has 1 heterocycles. The van der Waals surface area contributed by atoms with Gasteiger partial charge >= 0.3 is 0 Å². The Morgan fingerprint density at radius 3 is 2.75 bits per heavy atom. The normalized spacial score (nSPS) is 9.94. The van der Waals surface area contributed by atoms with E-state index in [-0.39, 0.29) is 0 Å². The topological polar surface area (TPSA) is 41.9 Å². The van der Waals surface area contributed by atoms with Gasteiger partial charge in [-0.3, -0.25) is 4.68 Å². The maximum Gasteiger partial charge on any atom is 0.171 e. The predicted octanol–water partition coefficient (Wildman–Crippen LogP) is 1.99. The number of nitrogens with one attached hydrogen (secondary N) is 2. The molecule has 1 rings (SSSR count). The van der Waals surface area contributed by atoms with Crippen LogP contribution in [0.1, 0.15) is 18.3 Å². The van der Waals surface area contributed by atoms with Crippen molar-refractivity contribution >= 4 is 23.0 Å². The zero-order valence-corrected chi connectivity index (χ0v) is 10.8. The van der Waals surface area contributed by atoms with Gasteiger partial charge in [-0.25, -0.2) is 0 Å². The largest absolute Gasteiger partial charge is 0.359 e. The average Bonchev–Trinajstić information content (AvgIpc) is 2.53. The van der Waals surface area contributed by atoms with Gasteiger partial charge < -0.3 is 10.6 Å². The molecule has 2 N–H and O–H groups in total. The van der Waals surface area contributed by atoms with Crippen LogP contribution in [0.3, 0.4) is 0 Å². The van der Waals surface area contributed by atoms with Crippen LogP contribution in [-0.2, 0) is 6.54 Å². The minimum Gasteiger partial charge on any atom is -0.359 e. The summed E-state index contributed by atoms with van der Waals surface area (Å²) in [4.78, 5) is 0. The number of aromatic nitrogens is 2. The van der Waals surface area contributed by atoms with Gasteiger partial charge in [-0.1, -0.05) is 6.08 Å². The molecular weight excluding hydrogens is 220 g/mol. The molecule has 0 amide bonds. The van der Waals surface area contributed by atoms with Crippen molar-refractivity contribution in [2.75, 3.05) is 11.9 Å². The Kier molecular flexibility index (Phi) is 4.49. The van der Waals surface area contributed by atoms with Gasteiger partial charge in [0.2, 0.25) is 0 Å². The third-order valence-electron chi connectivity index (χ3n) is 2.33. The second-order valence-electron chi connectivity index (χ2n) is 3.49. The van der Waals surface area contributed by atoms with Crippen molar-refractivity contribution in [3.8, 4) is 0 Å². The number of aryl methyl sites for hydroxylation is 2. The summed E-state index contributed by atoms with van der Waals surface area (Å²) in [5, 5.41) is 11.2. The lowest BCUT2D eigenvalue weighted by molar-refractivity contribution is 0.634. The summed E-state index contributed by atoms with van der Waals surface area (Å²) in [5.74, 6) is 0. The van der Waals surface area contributed by atoms with E-state index in [0.717, 1.165) is 23.6 Å². The molecule has 0 saturated carbocycles. The molecule has 0 aliphatic carbocycles. The van der Waals surface area contributed by atoms with E-state index in [2.05, 4.69) is 29.2 Å². The van der Waals surface area contributed by atoms with Gasteiger partial charge in [0.1, 0.15) is 0 Å². The zero-order chi connectivity index (χ0) is 12.1. The highest BCUT2D eigenvalue weighted by molar-refractivity contribution is 7.80. The molecule has 0 aliphatic rings. The fraction of sp³-hybridized carbons (Fsp3) is 0.455. The lowest BCUT2D eigenvalue weighted by Gasteiger charge is -2.09. The Balaban J connectivity index is 2.76. The summed E-state index contributed by atoms with van der Waals surface area (Å²) in [6.45, 7) is 11.2. The van der Waals surface area contributed by atoms with Crippen LogP contribution in [0.2, 0.25) is 0 Å². The van der Waals surface area contributed by atoms with Crippen LogP contribution < -0.4 is 10.6 Å². The Bertz CT molecular complexity index is 395. The molecule has 5 heteroatoms. The number of rotatable bonds is 4. The minimum atomic E-state index is 0.599. The van der Waals surface area contributed by atoms with E-state index < -0.39 is 0 Å². The van der Waals surface area contributed by atoms with Crippen molar-refractivity contribution in [1.82, 2.24) is 15.1 Å². The summed E-state index contributed by atoms with van der Waals surface area (Å²) >= 11 is 5.16. The van der Waals surface area contributed by atoms with Gasteiger partial charge in [-0.05, 0) is 33.0 Å². The van der Waals surface area contributed by atoms with E-state index in [1.807, 2.05) is 18.5 Å². The second kappa shape index (κ2) is 5.65. The van der Waals surface area contributed by atoms with Crippen molar-refractivity contribution in [3.63, 3.8) is 0 Å². The molecule has 0 unspecified atom stereocenters. The fourth-order valence-corrected chi connectivity index (χ4v) is 1.69. The molecule has 0 aliphatic heterocycles. The van der Waals surface area contributed by atoms with E-state index in [9.17, 15) is 0 Å². The summed E-state index contributed by atoms with van der Waals surface area (Å²) in [7, 11) is 0. The van der Waals surface area contributed by atoms with Gasteiger partial charge in [0.15, 0.2) is 5.11 Å². The second-order valence-corrected chi connectivity index (χ2v) is 3.89. The van der Waals surface area contributed by atoms with Crippen LogP contribution in [0.5, 0.6) is 0 Å². The first-order valence-corrected chi connectivity index (χ1v) is 5.70. The molecule has 88 valence electrons. The van der Waals surface area contributed by atoms with Crippen molar-refractivity contribution in [2.24, 2.45) is 0 Å². The molecule has 0 radical (unpaired) electrons. The average molecular weight is 238 g/mol. The molecule has 0 aromatic carbocycles. The molecule has 0 fully saturated rings. The van der Waals surface area contributed by atoms with Gasteiger partial charge in [0, 0.05) is 13.1 Å². The van der Waals surface area contributed by atoms with Gasteiger partial charge in [0.25, 0.3) is 0 Å². The highest BCUT2D eigenvalue weighted by atomic mass is 32.1. The van der Waals surface area contributed by atoms with Crippen LogP contribution in [0.4, 0.5) is 5.69 Å². The van der Waals surface area contributed by atoms with Gasteiger partial charge in [-0.2, -0.15) is 5.10 Å². The molecule has 4 nitrogen and oxygen atoms in total. The van der Waals surface area contributed by atoms with Gasteiger partial charge in [-0.15, -0.1) is 6.58 Å². The summed E-state index contributed by atoms with van der Waals surface area (Å²) in [6, 6.07) is 0. The van der Waals surface area contributed by atoms with Crippen LogP contribution in [-0.4, -0.2) is 21.4 Å². The summed E-state index contributed by atoms with van der Waals surface area (Å²) in [6.07, 6.45) is 1.77. The highest BCUT2D eigenvalue weighted by Crippen LogP contribution is 2.18. The van der Waals surface area contributed by atoms with Crippen molar-refractivity contribution in [1.29, 1.82) is 0 Å². The van der Waals surface area contributed by atoms with E-state index in [1.165, 1.54) is 0 Å². The quantitative estimate of drug-likeness (QED) is 0.622. The number of hydrogen-bond acceptors (Lipinski definition) is 2. The standard InChI is InChI=1S/C11H18N4S/c1-5-7-12-11(16)13-10-8(3)14-15(6-2)9(10)4/h5H,1,6-7H2,2-4H3,(H2,12,13,16).